The highest BCUT2D eigenvalue weighted by atomic mass is 35.5. The molecule has 0 saturated heterocycles. The Bertz CT molecular complexity index is 1350. The van der Waals surface area contributed by atoms with E-state index in [1.54, 1.807) is 18.2 Å². The first-order valence-electron chi connectivity index (χ1n) is 12.5. The lowest BCUT2D eigenvalue weighted by Gasteiger charge is -2.34. The molecular formula is C29H34ClN3O4S. The second kappa shape index (κ2) is 13.4. The third kappa shape index (κ3) is 8.07. The summed E-state index contributed by atoms with van der Waals surface area (Å²) in [7, 11) is -3.84. The predicted molar refractivity (Wildman–Crippen MR) is 153 cm³/mol. The van der Waals surface area contributed by atoms with Crippen LogP contribution in [0.3, 0.4) is 0 Å². The Kier molecular flexibility index (Phi) is 10.3. The van der Waals surface area contributed by atoms with Crippen LogP contribution in [0.25, 0.3) is 0 Å². The van der Waals surface area contributed by atoms with Crippen molar-refractivity contribution in [1.82, 2.24) is 10.2 Å². The summed E-state index contributed by atoms with van der Waals surface area (Å²) in [4.78, 5) is 29.0. The zero-order valence-electron chi connectivity index (χ0n) is 21.9. The molecule has 0 spiro atoms. The van der Waals surface area contributed by atoms with Crippen LogP contribution in [0.5, 0.6) is 0 Å². The Morgan fingerprint density at radius 3 is 2.29 bits per heavy atom. The minimum atomic E-state index is -3.84. The number of nitrogens with one attached hydrogen (secondary N) is 1. The molecule has 0 heterocycles. The van der Waals surface area contributed by atoms with Crippen LogP contribution in [-0.4, -0.2) is 50.5 Å². The van der Waals surface area contributed by atoms with Crippen LogP contribution in [0, 0.1) is 6.92 Å². The van der Waals surface area contributed by atoms with Crippen molar-refractivity contribution in [2.45, 2.75) is 39.3 Å². The van der Waals surface area contributed by atoms with Gasteiger partial charge in [0.2, 0.25) is 21.8 Å². The summed E-state index contributed by atoms with van der Waals surface area (Å²) < 4.78 is 26.6. The van der Waals surface area contributed by atoms with Crippen LogP contribution in [0.2, 0.25) is 5.02 Å². The van der Waals surface area contributed by atoms with E-state index in [0.29, 0.717) is 11.6 Å². The number of carbonyl (C=O) groups excluding carboxylic acids is 2. The molecule has 3 aromatic carbocycles. The number of sulfonamides is 1. The van der Waals surface area contributed by atoms with Crippen molar-refractivity contribution < 1.29 is 18.0 Å². The summed E-state index contributed by atoms with van der Waals surface area (Å²) >= 11 is 6.12. The standard InChI is InChI=1S/C29H34ClN3O4S/c1-4-17-31-29(35)27(18-23-12-6-5-7-13-23)32(20-24-14-9-8-11-22(24)2)28(34)21-33(38(3,36)37)26-16-10-15-25(30)19-26/h5-16,19,27H,4,17-18,20-21H2,1-3H3,(H,31,35)/t27-/m1/s1. The fraction of sp³-hybridized carbons (Fsp3) is 0.310. The van der Waals surface area contributed by atoms with Crippen molar-refractivity contribution in [2.75, 3.05) is 23.7 Å². The lowest BCUT2D eigenvalue weighted by atomic mass is 10.0. The SMILES string of the molecule is CCCNC(=O)[C@@H](Cc1ccccc1)N(Cc1ccccc1C)C(=O)CN(c1cccc(Cl)c1)S(C)(=O)=O. The van der Waals surface area contributed by atoms with E-state index in [9.17, 15) is 18.0 Å². The van der Waals surface area contributed by atoms with Gasteiger partial charge in [-0.25, -0.2) is 8.42 Å². The first kappa shape index (κ1) is 29.2. The molecule has 0 aliphatic heterocycles. The monoisotopic (exact) mass is 555 g/mol. The molecule has 9 heteroatoms. The highest BCUT2D eigenvalue weighted by Crippen LogP contribution is 2.23. The molecule has 38 heavy (non-hydrogen) atoms. The van der Waals surface area contributed by atoms with Gasteiger partial charge in [-0.1, -0.05) is 79.2 Å². The molecule has 2 amide bonds. The van der Waals surface area contributed by atoms with Gasteiger partial charge in [-0.15, -0.1) is 0 Å². The Balaban J connectivity index is 2.05. The van der Waals surface area contributed by atoms with Crippen LogP contribution in [0.15, 0.2) is 78.9 Å². The van der Waals surface area contributed by atoms with Crippen LogP contribution < -0.4 is 9.62 Å². The predicted octanol–water partition coefficient (Wildman–Crippen LogP) is 4.58. The van der Waals surface area contributed by atoms with E-state index >= 15 is 0 Å². The van der Waals surface area contributed by atoms with Gasteiger partial charge in [0.1, 0.15) is 12.6 Å². The van der Waals surface area contributed by atoms with Gasteiger partial charge in [-0.2, -0.15) is 0 Å². The van der Waals surface area contributed by atoms with E-state index in [4.69, 9.17) is 11.6 Å². The van der Waals surface area contributed by atoms with E-state index in [0.717, 1.165) is 33.7 Å². The third-order valence-electron chi connectivity index (χ3n) is 6.20. The van der Waals surface area contributed by atoms with Gasteiger partial charge in [0.05, 0.1) is 11.9 Å². The van der Waals surface area contributed by atoms with Crippen molar-refractivity contribution >= 4 is 39.1 Å². The first-order chi connectivity index (χ1) is 18.1. The fourth-order valence-electron chi connectivity index (χ4n) is 4.14. The van der Waals surface area contributed by atoms with Crippen LogP contribution >= 0.6 is 11.6 Å². The Labute approximate surface area is 230 Å². The van der Waals surface area contributed by atoms with E-state index in [1.807, 2.05) is 68.4 Å². The first-order valence-corrected chi connectivity index (χ1v) is 14.7. The third-order valence-corrected chi connectivity index (χ3v) is 7.57. The summed E-state index contributed by atoms with van der Waals surface area (Å²) in [5.74, 6) is -0.780. The summed E-state index contributed by atoms with van der Waals surface area (Å²) in [5, 5.41) is 3.28. The number of halogens is 1. The van der Waals surface area contributed by atoms with Gasteiger partial charge in [0, 0.05) is 24.5 Å². The number of nitrogens with zero attached hydrogens (tertiary/aromatic N) is 2. The van der Waals surface area contributed by atoms with Gasteiger partial charge in [0.15, 0.2) is 0 Å². The molecule has 7 nitrogen and oxygen atoms in total. The largest absolute Gasteiger partial charge is 0.354 e. The van der Waals surface area contributed by atoms with Crippen LogP contribution in [0.1, 0.15) is 30.0 Å². The maximum Gasteiger partial charge on any atom is 0.244 e. The van der Waals surface area contributed by atoms with Crippen molar-refractivity contribution in [3.8, 4) is 0 Å². The minimum Gasteiger partial charge on any atom is -0.354 e. The number of hydrogen-bond acceptors (Lipinski definition) is 4. The molecule has 0 aromatic heterocycles. The van der Waals surface area contributed by atoms with Crippen molar-refractivity contribution in [3.05, 3.63) is 101 Å². The van der Waals surface area contributed by atoms with Gasteiger partial charge >= 0.3 is 0 Å². The molecule has 0 aliphatic carbocycles. The lowest BCUT2D eigenvalue weighted by molar-refractivity contribution is -0.140. The van der Waals surface area contributed by atoms with E-state index in [1.165, 1.54) is 11.0 Å². The maximum atomic E-state index is 14.0. The molecule has 1 atom stereocenters. The molecule has 202 valence electrons. The Hall–Kier alpha value is -3.36. The van der Waals surface area contributed by atoms with Crippen LogP contribution in [0.4, 0.5) is 5.69 Å². The zero-order valence-corrected chi connectivity index (χ0v) is 23.5. The summed E-state index contributed by atoms with van der Waals surface area (Å²) in [6.07, 6.45) is 2.07. The summed E-state index contributed by atoms with van der Waals surface area (Å²) in [6, 6.07) is 22.6. The summed E-state index contributed by atoms with van der Waals surface area (Å²) in [6.45, 7) is 4.04. The molecule has 3 rings (SSSR count). The van der Waals surface area contributed by atoms with Gasteiger partial charge in [-0.05, 0) is 48.2 Å². The number of amides is 2. The van der Waals surface area contributed by atoms with E-state index in [-0.39, 0.29) is 24.6 Å². The molecule has 1 N–H and O–H groups in total. The second-order valence-corrected chi connectivity index (χ2v) is 11.5. The number of anilines is 1. The lowest BCUT2D eigenvalue weighted by Crippen LogP contribution is -2.53. The topological polar surface area (TPSA) is 86.8 Å². The van der Waals surface area contributed by atoms with E-state index < -0.39 is 28.5 Å². The van der Waals surface area contributed by atoms with Crippen LogP contribution in [-0.2, 0) is 32.6 Å². The molecule has 0 unspecified atom stereocenters. The molecule has 0 fully saturated rings. The number of aryl methyl sites for hydroxylation is 1. The molecule has 0 radical (unpaired) electrons. The number of hydrogen-bond donors (Lipinski definition) is 1. The molecule has 3 aromatic rings. The normalized spacial score (nSPS) is 12.0. The fourth-order valence-corrected chi connectivity index (χ4v) is 5.16. The number of rotatable bonds is 12. The molecular weight excluding hydrogens is 522 g/mol. The Morgan fingerprint density at radius 1 is 0.974 bits per heavy atom. The maximum absolute atomic E-state index is 14.0. The quantitative estimate of drug-likeness (QED) is 0.354. The highest BCUT2D eigenvalue weighted by molar-refractivity contribution is 7.92. The van der Waals surface area contributed by atoms with Crippen molar-refractivity contribution in [1.29, 1.82) is 0 Å². The highest BCUT2D eigenvalue weighted by Gasteiger charge is 2.33. The van der Waals surface area contributed by atoms with Gasteiger partial charge < -0.3 is 10.2 Å². The molecule has 0 aliphatic rings. The van der Waals surface area contributed by atoms with Gasteiger partial charge in [0.25, 0.3) is 0 Å². The zero-order chi connectivity index (χ0) is 27.7. The smallest absolute Gasteiger partial charge is 0.244 e. The number of benzene rings is 3. The van der Waals surface area contributed by atoms with Crippen molar-refractivity contribution in [2.24, 2.45) is 0 Å². The molecule has 0 bridgehead atoms. The minimum absolute atomic E-state index is 0.149. The average molecular weight is 556 g/mol. The van der Waals surface area contributed by atoms with Gasteiger partial charge in [-0.3, -0.25) is 13.9 Å². The van der Waals surface area contributed by atoms with E-state index in [2.05, 4.69) is 5.32 Å². The average Bonchev–Trinajstić information content (AvgIpc) is 2.88. The molecule has 0 saturated carbocycles. The Morgan fingerprint density at radius 2 is 1.66 bits per heavy atom. The number of carbonyl (C=O) groups is 2. The summed E-state index contributed by atoms with van der Waals surface area (Å²) in [5.41, 5.74) is 3.00. The second-order valence-electron chi connectivity index (χ2n) is 9.19. The van der Waals surface area contributed by atoms with Crippen molar-refractivity contribution in [3.63, 3.8) is 0 Å².